The van der Waals surface area contributed by atoms with E-state index in [-0.39, 0.29) is 20.6 Å². The number of hydrogen-bond acceptors (Lipinski definition) is 7. The highest BCUT2D eigenvalue weighted by Crippen LogP contribution is 2.20. The van der Waals surface area contributed by atoms with Crippen LogP contribution in [0.1, 0.15) is 41.4 Å². The standard InChI is InChI=1S/C12H20N2O2.C10H8N6O.C2H2.2H2/c15-11-6-2-1-3-9-14(11)10-12(16)13-7-4-5-8-13;11-5-13-10(12)15-8-3-1-2-7(4-8)9-14-6-17-16-9;1-2;;/h1-10H2;1-4,6H,(H3,12,13,15);1-2H;2*1H. The molecule has 2 aliphatic heterocycles. The Balaban J connectivity index is 0.000000626. The van der Waals surface area contributed by atoms with E-state index < -0.39 is 0 Å². The molecular formula is C24H34N8O3. The van der Waals surface area contributed by atoms with Gasteiger partial charge >= 0.3 is 0 Å². The van der Waals surface area contributed by atoms with Crippen LogP contribution in [0.2, 0.25) is 0 Å². The zero-order valence-corrected chi connectivity index (χ0v) is 19.6. The van der Waals surface area contributed by atoms with Crippen LogP contribution in [-0.4, -0.2) is 63.9 Å². The molecule has 0 bridgehead atoms. The highest BCUT2D eigenvalue weighted by Gasteiger charge is 2.23. The molecule has 2 aromatic rings. The second kappa shape index (κ2) is 14.7. The molecule has 2 saturated heterocycles. The SMILES string of the molecule is C#C.N#CNC(N)=Nc1cccc(-c2ncon2)c1.O=C(CN1CCCCCC1=O)N1CCCC1.[HH].[HH]. The predicted octanol–water partition coefficient (Wildman–Crippen LogP) is 2.51. The van der Waals surface area contributed by atoms with E-state index in [9.17, 15) is 9.59 Å². The summed E-state index contributed by atoms with van der Waals surface area (Å²) in [5.41, 5.74) is 6.80. The molecular weight excluding hydrogens is 448 g/mol. The smallest absolute Gasteiger partial charge is 0.242 e. The second-order valence-corrected chi connectivity index (χ2v) is 7.75. The zero-order chi connectivity index (χ0) is 25.5. The Kier molecular flexibility index (Phi) is 11.3. The number of aromatic nitrogens is 2. The van der Waals surface area contributed by atoms with Crippen molar-refractivity contribution in [3.05, 3.63) is 30.7 Å². The van der Waals surface area contributed by atoms with Crippen LogP contribution < -0.4 is 11.1 Å². The van der Waals surface area contributed by atoms with Crippen LogP contribution in [0.25, 0.3) is 11.4 Å². The summed E-state index contributed by atoms with van der Waals surface area (Å²) in [4.78, 5) is 35.2. The van der Waals surface area contributed by atoms with Gasteiger partial charge in [0, 0.05) is 34.5 Å². The van der Waals surface area contributed by atoms with E-state index in [1.165, 1.54) is 6.39 Å². The van der Waals surface area contributed by atoms with Crippen molar-refractivity contribution in [2.75, 3.05) is 26.2 Å². The van der Waals surface area contributed by atoms with Gasteiger partial charge in [-0.2, -0.15) is 10.2 Å². The summed E-state index contributed by atoms with van der Waals surface area (Å²) in [7, 11) is 0. The molecule has 0 radical (unpaired) electrons. The van der Waals surface area contributed by atoms with Gasteiger partial charge in [0.25, 0.3) is 0 Å². The first-order valence-electron chi connectivity index (χ1n) is 11.3. The van der Waals surface area contributed by atoms with Crippen LogP contribution in [0.5, 0.6) is 0 Å². The van der Waals surface area contributed by atoms with Crippen LogP contribution in [-0.2, 0) is 9.59 Å². The van der Waals surface area contributed by atoms with Crippen LogP contribution >= 0.6 is 0 Å². The van der Waals surface area contributed by atoms with E-state index in [1.807, 2.05) is 11.0 Å². The predicted molar refractivity (Wildman–Crippen MR) is 135 cm³/mol. The number of hydrogen-bond donors (Lipinski definition) is 2. The fraction of sp³-hybridized carbons (Fsp3) is 0.417. The molecule has 0 atom stereocenters. The number of likely N-dealkylation sites (tertiary alicyclic amines) is 2. The summed E-state index contributed by atoms with van der Waals surface area (Å²) in [6.45, 7) is 2.82. The molecule has 0 aliphatic carbocycles. The Morgan fingerprint density at radius 1 is 1.23 bits per heavy atom. The third-order valence-corrected chi connectivity index (χ3v) is 5.36. The van der Waals surface area contributed by atoms with Gasteiger partial charge in [0.2, 0.25) is 30.0 Å². The van der Waals surface area contributed by atoms with Gasteiger partial charge in [-0.25, -0.2) is 4.99 Å². The van der Waals surface area contributed by atoms with Gasteiger partial charge in [-0.05, 0) is 37.8 Å². The third kappa shape index (κ3) is 8.82. The maximum atomic E-state index is 11.9. The number of benzene rings is 1. The summed E-state index contributed by atoms with van der Waals surface area (Å²) in [6, 6.07) is 7.08. The highest BCUT2D eigenvalue weighted by molar-refractivity contribution is 5.85. The van der Waals surface area contributed by atoms with E-state index in [0.717, 1.165) is 57.3 Å². The summed E-state index contributed by atoms with van der Waals surface area (Å²) in [5, 5.41) is 14.3. The van der Waals surface area contributed by atoms with Gasteiger partial charge in [0.15, 0.2) is 6.19 Å². The van der Waals surface area contributed by atoms with Crippen LogP contribution in [0, 0.1) is 24.3 Å². The average molecular weight is 483 g/mol. The van der Waals surface area contributed by atoms with Gasteiger partial charge in [0.1, 0.15) is 0 Å². The van der Waals surface area contributed by atoms with Gasteiger partial charge in [-0.15, -0.1) is 12.8 Å². The molecule has 4 rings (SSSR count). The number of amides is 2. The quantitative estimate of drug-likeness (QED) is 0.221. The summed E-state index contributed by atoms with van der Waals surface area (Å²) < 4.78 is 4.65. The number of aliphatic imine (C=N–C) groups is 1. The Labute approximate surface area is 208 Å². The van der Waals surface area contributed by atoms with E-state index in [0.29, 0.717) is 24.5 Å². The molecule has 2 aliphatic rings. The minimum Gasteiger partial charge on any atom is -0.369 e. The van der Waals surface area contributed by atoms with Crippen LogP contribution in [0.3, 0.4) is 0 Å². The molecule has 11 nitrogen and oxygen atoms in total. The van der Waals surface area contributed by atoms with Crippen molar-refractivity contribution < 1.29 is 17.0 Å². The molecule has 3 N–H and O–H groups in total. The van der Waals surface area contributed by atoms with Crippen molar-refractivity contribution >= 4 is 23.5 Å². The van der Waals surface area contributed by atoms with Gasteiger partial charge in [-0.3, -0.25) is 14.9 Å². The fourth-order valence-electron chi connectivity index (χ4n) is 3.67. The first-order valence-corrected chi connectivity index (χ1v) is 11.3. The number of nitrogens with zero attached hydrogens (tertiary/aromatic N) is 6. The summed E-state index contributed by atoms with van der Waals surface area (Å²) in [6.07, 6.45) is 16.9. The van der Waals surface area contributed by atoms with Crippen molar-refractivity contribution in [1.82, 2.24) is 25.3 Å². The molecule has 0 spiro atoms. The van der Waals surface area contributed by atoms with Crippen LogP contribution in [0.4, 0.5) is 5.69 Å². The lowest BCUT2D eigenvalue weighted by atomic mass is 10.2. The molecule has 0 saturated carbocycles. The van der Waals surface area contributed by atoms with E-state index in [4.69, 9.17) is 11.0 Å². The third-order valence-electron chi connectivity index (χ3n) is 5.36. The number of carbonyl (C=O) groups excluding carboxylic acids is 2. The molecule has 188 valence electrons. The monoisotopic (exact) mass is 482 g/mol. The lowest BCUT2D eigenvalue weighted by molar-refractivity contribution is -0.139. The molecule has 35 heavy (non-hydrogen) atoms. The van der Waals surface area contributed by atoms with Crippen molar-refractivity contribution in [2.45, 2.75) is 38.5 Å². The lowest BCUT2D eigenvalue weighted by Gasteiger charge is -2.23. The molecule has 1 aromatic carbocycles. The van der Waals surface area contributed by atoms with E-state index >= 15 is 0 Å². The Bertz CT molecular complexity index is 1050. The Hall–Kier alpha value is -4.38. The van der Waals surface area contributed by atoms with Crippen molar-refractivity contribution in [3.63, 3.8) is 0 Å². The number of nitrogens with one attached hydrogen (secondary N) is 1. The first kappa shape index (κ1) is 26.9. The highest BCUT2D eigenvalue weighted by atomic mass is 16.5. The Morgan fingerprint density at radius 3 is 2.66 bits per heavy atom. The number of carbonyl (C=O) groups is 2. The average Bonchev–Trinajstić information content (AvgIpc) is 3.57. The normalized spacial score (nSPS) is 15.6. The minimum absolute atomic E-state index is 0. The number of nitriles is 1. The Morgan fingerprint density at radius 2 is 1.97 bits per heavy atom. The molecule has 0 unspecified atom stereocenters. The van der Waals surface area contributed by atoms with E-state index in [2.05, 4.69) is 37.8 Å². The summed E-state index contributed by atoms with van der Waals surface area (Å²) in [5.74, 6) is 0.782. The zero-order valence-electron chi connectivity index (χ0n) is 19.6. The molecule has 3 heterocycles. The van der Waals surface area contributed by atoms with Gasteiger partial charge in [-0.1, -0.05) is 23.7 Å². The maximum absolute atomic E-state index is 11.9. The van der Waals surface area contributed by atoms with E-state index in [1.54, 1.807) is 29.3 Å². The fourth-order valence-corrected chi connectivity index (χ4v) is 3.67. The van der Waals surface area contributed by atoms with Gasteiger partial charge in [0.05, 0.1) is 12.2 Å². The number of guanidine groups is 1. The maximum Gasteiger partial charge on any atom is 0.242 e. The van der Waals surface area contributed by atoms with Crippen molar-refractivity contribution in [2.24, 2.45) is 10.7 Å². The first-order chi connectivity index (χ1) is 17.1. The molecule has 1 aromatic heterocycles. The lowest BCUT2D eigenvalue weighted by Crippen LogP contribution is -2.41. The second-order valence-electron chi connectivity index (χ2n) is 7.75. The van der Waals surface area contributed by atoms with Crippen LogP contribution in [0.15, 0.2) is 40.2 Å². The molecule has 11 heteroatoms. The molecule has 2 amide bonds. The van der Waals surface area contributed by atoms with Crippen molar-refractivity contribution in [1.29, 1.82) is 5.26 Å². The topological polar surface area (TPSA) is 154 Å². The molecule has 2 fully saturated rings. The number of terminal acetylenes is 1. The summed E-state index contributed by atoms with van der Waals surface area (Å²) >= 11 is 0. The largest absolute Gasteiger partial charge is 0.369 e. The number of rotatable bonds is 4. The van der Waals surface area contributed by atoms with Gasteiger partial charge < -0.3 is 20.1 Å². The minimum atomic E-state index is 0. The number of nitrogens with two attached hydrogens (primary N) is 1. The van der Waals surface area contributed by atoms with Crippen molar-refractivity contribution in [3.8, 4) is 30.4 Å².